The summed E-state index contributed by atoms with van der Waals surface area (Å²) in [6, 6.07) is 7.65. The van der Waals surface area contributed by atoms with Gasteiger partial charge in [0.15, 0.2) is 5.82 Å². The van der Waals surface area contributed by atoms with Crippen molar-refractivity contribution in [3.63, 3.8) is 0 Å². The van der Waals surface area contributed by atoms with Gasteiger partial charge in [0.1, 0.15) is 0 Å². The Morgan fingerprint density at radius 2 is 1.89 bits per heavy atom. The summed E-state index contributed by atoms with van der Waals surface area (Å²) in [6.45, 7) is 9.75. The first-order valence-corrected chi connectivity index (χ1v) is 10.4. The minimum Gasteiger partial charge on any atom is -0.355 e. The second-order valence-corrected chi connectivity index (χ2v) is 7.20. The van der Waals surface area contributed by atoms with Crippen LogP contribution in [0.5, 0.6) is 0 Å². The summed E-state index contributed by atoms with van der Waals surface area (Å²) in [5.41, 5.74) is 1.48. The number of nitrogens with one attached hydrogen (secondary N) is 1. The van der Waals surface area contributed by atoms with E-state index in [0.717, 1.165) is 56.6 Å². The number of aromatic nitrogens is 2. The number of amides is 1. The van der Waals surface area contributed by atoms with Crippen LogP contribution < -0.4 is 15.8 Å². The fraction of sp³-hybridized carbons (Fsp3) is 0.571. The maximum absolute atomic E-state index is 13.1. The molecule has 0 spiro atoms. The Bertz CT molecular complexity index is 853. The molecule has 1 aromatic heterocycles. The molecule has 1 amide bonds. The topological polar surface area (TPSA) is 70.5 Å². The number of aryl methyl sites for hydroxylation is 1. The summed E-state index contributed by atoms with van der Waals surface area (Å²) in [6.07, 6.45) is 2.46. The highest BCUT2D eigenvalue weighted by Crippen LogP contribution is 2.18. The fourth-order valence-corrected chi connectivity index (χ4v) is 3.73. The number of hydrogen-bond donors (Lipinski definition) is 1. The summed E-state index contributed by atoms with van der Waals surface area (Å²) >= 11 is 0. The van der Waals surface area contributed by atoms with Crippen LogP contribution in [0.25, 0.3) is 11.0 Å². The summed E-state index contributed by atoms with van der Waals surface area (Å²) in [5.74, 6) is 0.487. The number of carbonyl (C=O) groups excluding carboxylic acids is 1. The maximum Gasteiger partial charge on any atom is 0.294 e. The highest BCUT2D eigenvalue weighted by Gasteiger charge is 2.20. The second kappa shape index (κ2) is 9.68. The van der Waals surface area contributed by atoms with E-state index >= 15 is 0 Å². The van der Waals surface area contributed by atoms with Crippen LogP contribution in [-0.2, 0) is 11.3 Å². The molecule has 0 saturated carbocycles. The third-order valence-corrected chi connectivity index (χ3v) is 5.45. The lowest BCUT2D eigenvalue weighted by molar-refractivity contribution is -0.121. The first-order valence-electron chi connectivity index (χ1n) is 10.4. The standard InChI is InChI=1S/C21H31N5O2/c1-3-24(4-2)16-12-22-19(27)11-15-26-18-10-6-5-9-17(18)23-20(21(26)28)25-13-7-8-14-25/h5-6,9-10H,3-4,7-8,11-16H2,1-2H3,(H,22,27). The Labute approximate surface area is 166 Å². The van der Waals surface area contributed by atoms with Crippen LogP contribution in [0.3, 0.4) is 0 Å². The molecule has 0 atom stereocenters. The SMILES string of the molecule is CCN(CC)CCNC(=O)CCn1c(=O)c(N2CCCC2)nc2ccccc21. The Morgan fingerprint density at radius 3 is 2.61 bits per heavy atom. The molecule has 0 aliphatic carbocycles. The van der Waals surface area contributed by atoms with Crippen molar-refractivity contribution in [1.82, 2.24) is 19.8 Å². The Morgan fingerprint density at radius 1 is 1.18 bits per heavy atom. The van der Waals surface area contributed by atoms with Crippen molar-refractivity contribution in [2.45, 2.75) is 39.7 Å². The highest BCUT2D eigenvalue weighted by atomic mass is 16.2. The van der Waals surface area contributed by atoms with Gasteiger partial charge in [-0.25, -0.2) is 4.98 Å². The molecule has 1 aromatic carbocycles. The quantitative estimate of drug-likeness (QED) is 0.713. The van der Waals surface area contributed by atoms with Crippen LogP contribution in [0.2, 0.25) is 0 Å². The summed E-state index contributed by atoms with van der Waals surface area (Å²) < 4.78 is 1.71. The van der Waals surface area contributed by atoms with Crippen molar-refractivity contribution in [3.8, 4) is 0 Å². The van der Waals surface area contributed by atoms with Crippen molar-refractivity contribution in [2.24, 2.45) is 0 Å². The van der Waals surface area contributed by atoms with Crippen LogP contribution in [0.1, 0.15) is 33.1 Å². The number of carbonyl (C=O) groups is 1. The molecule has 1 saturated heterocycles. The molecular formula is C21H31N5O2. The molecule has 3 rings (SSSR count). The molecule has 7 heteroatoms. The minimum absolute atomic E-state index is 0.0253. The van der Waals surface area contributed by atoms with E-state index in [4.69, 9.17) is 0 Å². The summed E-state index contributed by atoms with van der Waals surface area (Å²) in [7, 11) is 0. The lowest BCUT2D eigenvalue weighted by Gasteiger charge is -2.19. The molecule has 0 bridgehead atoms. The lowest BCUT2D eigenvalue weighted by atomic mass is 10.2. The first-order chi connectivity index (χ1) is 13.6. The Kier molecular flexibility index (Phi) is 7.03. The number of benzene rings is 1. The van der Waals surface area contributed by atoms with E-state index < -0.39 is 0 Å². The van der Waals surface area contributed by atoms with Gasteiger partial charge in [0.05, 0.1) is 11.0 Å². The number of para-hydroxylation sites is 2. The van der Waals surface area contributed by atoms with Crippen molar-refractivity contribution in [1.29, 1.82) is 0 Å². The number of nitrogens with zero attached hydrogens (tertiary/aromatic N) is 4. The zero-order valence-corrected chi connectivity index (χ0v) is 17.0. The van der Waals surface area contributed by atoms with Crippen molar-refractivity contribution in [3.05, 3.63) is 34.6 Å². The van der Waals surface area contributed by atoms with Gasteiger partial charge in [-0.1, -0.05) is 26.0 Å². The summed E-state index contributed by atoms with van der Waals surface area (Å²) in [5, 5.41) is 2.97. The lowest BCUT2D eigenvalue weighted by Crippen LogP contribution is -2.36. The fourth-order valence-electron chi connectivity index (χ4n) is 3.73. The normalized spacial score (nSPS) is 14.2. The summed E-state index contributed by atoms with van der Waals surface area (Å²) in [4.78, 5) is 34.3. The van der Waals surface area contributed by atoms with Gasteiger partial charge in [0.2, 0.25) is 5.91 Å². The number of fused-ring (bicyclic) bond motifs is 1. The predicted octanol–water partition coefficient (Wildman–Crippen LogP) is 1.84. The molecule has 2 aromatic rings. The Hall–Kier alpha value is -2.41. The van der Waals surface area contributed by atoms with Crippen LogP contribution in [0.4, 0.5) is 5.82 Å². The molecule has 0 unspecified atom stereocenters. The Balaban J connectivity index is 1.72. The van der Waals surface area contributed by atoms with Crippen LogP contribution in [0, 0.1) is 0 Å². The highest BCUT2D eigenvalue weighted by molar-refractivity contribution is 5.78. The van der Waals surface area contributed by atoms with Crippen LogP contribution in [-0.4, -0.2) is 59.6 Å². The van der Waals surface area contributed by atoms with E-state index in [0.29, 0.717) is 18.9 Å². The molecule has 0 radical (unpaired) electrons. The molecule has 1 N–H and O–H groups in total. The first kappa shape index (κ1) is 20.3. The molecule has 1 aliphatic rings. The number of anilines is 1. The van der Waals surface area contributed by atoms with Crippen molar-refractivity contribution >= 4 is 22.8 Å². The van der Waals surface area contributed by atoms with E-state index in [1.165, 1.54) is 0 Å². The van der Waals surface area contributed by atoms with E-state index in [2.05, 4.69) is 33.9 Å². The molecule has 2 heterocycles. The number of rotatable bonds is 9. The smallest absolute Gasteiger partial charge is 0.294 e. The number of hydrogen-bond acceptors (Lipinski definition) is 5. The molecule has 1 fully saturated rings. The van der Waals surface area contributed by atoms with E-state index in [9.17, 15) is 9.59 Å². The van der Waals surface area contributed by atoms with Crippen molar-refractivity contribution < 1.29 is 4.79 Å². The van der Waals surface area contributed by atoms with Crippen LogP contribution >= 0.6 is 0 Å². The predicted molar refractivity (Wildman–Crippen MR) is 113 cm³/mol. The third kappa shape index (κ3) is 4.70. The molecule has 1 aliphatic heterocycles. The average Bonchev–Trinajstić information content (AvgIpc) is 3.25. The zero-order valence-electron chi connectivity index (χ0n) is 17.0. The van der Waals surface area contributed by atoms with Gasteiger partial charge in [-0.3, -0.25) is 9.59 Å². The molecule has 28 heavy (non-hydrogen) atoms. The van der Waals surface area contributed by atoms with Gasteiger partial charge in [-0.2, -0.15) is 0 Å². The van der Waals surface area contributed by atoms with Gasteiger partial charge in [0.25, 0.3) is 5.56 Å². The van der Waals surface area contributed by atoms with E-state index in [1.807, 2.05) is 24.3 Å². The largest absolute Gasteiger partial charge is 0.355 e. The van der Waals surface area contributed by atoms with Gasteiger partial charge < -0.3 is 19.7 Å². The molecule has 7 nitrogen and oxygen atoms in total. The molecule has 152 valence electrons. The second-order valence-electron chi connectivity index (χ2n) is 7.20. The maximum atomic E-state index is 13.1. The number of likely N-dealkylation sites (N-methyl/N-ethyl adjacent to an activating group) is 1. The minimum atomic E-state index is -0.100. The van der Waals surface area contributed by atoms with Gasteiger partial charge in [-0.15, -0.1) is 0 Å². The third-order valence-electron chi connectivity index (χ3n) is 5.45. The van der Waals surface area contributed by atoms with E-state index in [1.54, 1.807) is 4.57 Å². The van der Waals surface area contributed by atoms with Gasteiger partial charge >= 0.3 is 0 Å². The van der Waals surface area contributed by atoms with Gasteiger partial charge in [0, 0.05) is 39.1 Å². The zero-order chi connectivity index (χ0) is 19.9. The van der Waals surface area contributed by atoms with E-state index in [-0.39, 0.29) is 17.9 Å². The monoisotopic (exact) mass is 385 g/mol. The molecular weight excluding hydrogens is 354 g/mol. The average molecular weight is 386 g/mol. The van der Waals surface area contributed by atoms with Crippen molar-refractivity contribution in [2.75, 3.05) is 44.2 Å². The van der Waals surface area contributed by atoms with Crippen LogP contribution in [0.15, 0.2) is 29.1 Å². The van der Waals surface area contributed by atoms with Gasteiger partial charge in [-0.05, 0) is 38.1 Å².